The van der Waals surface area contributed by atoms with Crippen molar-refractivity contribution in [2.45, 2.75) is 6.92 Å². The molecule has 0 aliphatic heterocycles. The first-order chi connectivity index (χ1) is 7.22. The van der Waals surface area contributed by atoms with Crippen molar-refractivity contribution in [2.24, 2.45) is 0 Å². The van der Waals surface area contributed by atoms with Gasteiger partial charge in [-0.15, -0.1) is 11.3 Å². The Morgan fingerprint density at radius 1 is 1.60 bits per heavy atom. The van der Waals surface area contributed by atoms with Gasteiger partial charge in [0, 0.05) is 4.47 Å². The molecule has 0 fully saturated rings. The highest BCUT2D eigenvalue weighted by Crippen LogP contribution is 2.27. The van der Waals surface area contributed by atoms with Gasteiger partial charge in [0.25, 0.3) is 0 Å². The smallest absolute Gasteiger partial charge is 0.338 e. The van der Waals surface area contributed by atoms with Gasteiger partial charge in [-0.3, -0.25) is 0 Å². The van der Waals surface area contributed by atoms with Crippen molar-refractivity contribution in [1.29, 1.82) is 0 Å². The van der Waals surface area contributed by atoms with E-state index in [-0.39, 0.29) is 5.97 Å². The topological polar surface area (TPSA) is 39.2 Å². The standard InChI is InChI=1S/C10H8BrNO2S/c1-2-14-10(13)6-3-7(11)9-8(4-6)15-5-12-9/h3-5H,2H2,1H3. The van der Waals surface area contributed by atoms with Crippen molar-refractivity contribution in [2.75, 3.05) is 6.61 Å². The molecule has 2 aromatic rings. The summed E-state index contributed by atoms with van der Waals surface area (Å²) in [6.45, 7) is 2.18. The number of nitrogens with zero attached hydrogens (tertiary/aromatic N) is 1. The van der Waals surface area contributed by atoms with Crippen molar-refractivity contribution < 1.29 is 9.53 Å². The van der Waals surface area contributed by atoms with E-state index >= 15 is 0 Å². The van der Waals surface area contributed by atoms with E-state index in [9.17, 15) is 4.79 Å². The molecule has 15 heavy (non-hydrogen) atoms. The van der Waals surface area contributed by atoms with E-state index in [0.717, 1.165) is 14.7 Å². The highest BCUT2D eigenvalue weighted by molar-refractivity contribution is 9.10. The molecule has 78 valence electrons. The molecule has 0 radical (unpaired) electrons. The normalized spacial score (nSPS) is 10.5. The summed E-state index contributed by atoms with van der Waals surface area (Å²) in [5.41, 5.74) is 3.19. The maximum atomic E-state index is 11.5. The second kappa shape index (κ2) is 4.28. The van der Waals surface area contributed by atoms with Gasteiger partial charge in [-0.2, -0.15) is 0 Å². The zero-order valence-corrected chi connectivity index (χ0v) is 10.4. The highest BCUT2D eigenvalue weighted by atomic mass is 79.9. The molecule has 0 unspecified atom stereocenters. The molecule has 0 bridgehead atoms. The Morgan fingerprint density at radius 3 is 3.13 bits per heavy atom. The van der Waals surface area contributed by atoms with E-state index in [1.807, 2.05) is 0 Å². The summed E-state index contributed by atoms with van der Waals surface area (Å²) in [6.07, 6.45) is 0. The maximum absolute atomic E-state index is 11.5. The number of fused-ring (bicyclic) bond motifs is 1. The third kappa shape index (κ3) is 2.03. The summed E-state index contributed by atoms with van der Waals surface area (Å²) >= 11 is 4.88. The lowest BCUT2D eigenvalue weighted by Crippen LogP contribution is -2.04. The van der Waals surface area contributed by atoms with Crippen LogP contribution in [0.3, 0.4) is 0 Å². The monoisotopic (exact) mass is 285 g/mol. The lowest BCUT2D eigenvalue weighted by Gasteiger charge is -2.02. The molecular formula is C10H8BrNO2S. The quantitative estimate of drug-likeness (QED) is 0.796. The Labute approximate surface area is 99.2 Å². The van der Waals surface area contributed by atoms with Crippen LogP contribution in [-0.4, -0.2) is 17.6 Å². The first kappa shape index (κ1) is 10.6. The Kier molecular flexibility index (Phi) is 3.02. The summed E-state index contributed by atoms with van der Waals surface area (Å²) in [4.78, 5) is 15.7. The molecular weight excluding hydrogens is 278 g/mol. The van der Waals surface area contributed by atoms with Gasteiger partial charge >= 0.3 is 5.97 Å². The number of esters is 1. The molecule has 0 aliphatic rings. The second-order valence-electron chi connectivity index (χ2n) is 2.88. The lowest BCUT2D eigenvalue weighted by molar-refractivity contribution is 0.0526. The Balaban J connectivity index is 2.49. The largest absolute Gasteiger partial charge is 0.462 e. The molecule has 2 rings (SSSR count). The lowest BCUT2D eigenvalue weighted by atomic mass is 10.2. The van der Waals surface area contributed by atoms with Crippen LogP contribution in [0.25, 0.3) is 10.2 Å². The van der Waals surface area contributed by atoms with Crippen LogP contribution < -0.4 is 0 Å². The van der Waals surface area contributed by atoms with Crippen LogP contribution in [0.15, 0.2) is 22.1 Å². The fraction of sp³-hybridized carbons (Fsp3) is 0.200. The van der Waals surface area contributed by atoms with Crippen LogP contribution in [0.5, 0.6) is 0 Å². The number of thiazole rings is 1. The van der Waals surface area contributed by atoms with Gasteiger partial charge in [-0.25, -0.2) is 9.78 Å². The number of aromatic nitrogens is 1. The molecule has 5 heteroatoms. The summed E-state index contributed by atoms with van der Waals surface area (Å²) in [7, 11) is 0. The summed E-state index contributed by atoms with van der Waals surface area (Å²) in [5.74, 6) is -0.298. The molecule has 0 spiro atoms. The van der Waals surface area contributed by atoms with Crippen LogP contribution in [0.4, 0.5) is 0 Å². The van der Waals surface area contributed by atoms with Crippen LogP contribution in [-0.2, 0) is 4.74 Å². The van der Waals surface area contributed by atoms with Crippen molar-refractivity contribution in [3.05, 3.63) is 27.7 Å². The van der Waals surface area contributed by atoms with Crippen LogP contribution in [0, 0.1) is 0 Å². The molecule has 0 atom stereocenters. The Hall–Kier alpha value is -0.940. The number of ether oxygens (including phenoxy) is 1. The minimum Gasteiger partial charge on any atom is -0.462 e. The molecule has 0 saturated carbocycles. The van der Waals surface area contributed by atoms with E-state index in [1.54, 1.807) is 24.6 Å². The van der Waals surface area contributed by atoms with E-state index in [4.69, 9.17) is 4.74 Å². The van der Waals surface area contributed by atoms with E-state index in [2.05, 4.69) is 20.9 Å². The van der Waals surface area contributed by atoms with Gasteiger partial charge < -0.3 is 4.74 Å². The number of hydrogen-bond acceptors (Lipinski definition) is 4. The Morgan fingerprint density at radius 2 is 2.40 bits per heavy atom. The number of benzene rings is 1. The molecule has 0 saturated heterocycles. The summed E-state index contributed by atoms with van der Waals surface area (Å²) < 4.78 is 6.74. The predicted molar refractivity (Wildman–Crippen MR) is 63.3 cm³/mol. The van der Waals surface area contributed by atoms with Crippen molar-refractivity contribution in [3.8, 4) is 0 Å². The Bertz CT molecular complexity index is 509. The molecule has 3 nitrogen and oxygen atoms in total. The van der Waals surface area contributed by atoms with Gasteiger partial charge in [0.05, 0.1) is 27.9 Å². The average molecular weight is 286 g/mol. The molecule has 0 N–H and O–H groups in total. The van der Waals surface area contributed by atoms with E-state index in [1.165, 1.54) is 11.3 Å². The van der Waals surface area contributed by atoms with Crippen molar-refractivity contribution in [3.63, 3.8) is 0 Å². The average Bonchev–Trinajstić information content (AvgIpc) is 2.66. The number of carbonyl (C=O) groups is 1. The maximum Gasteiger partial charge on any atom is 0.338 e. The summed E-state index contributed by atoms with van der Waals surface area (Å²) in [6, 6.07) is 3.54. The third-order valence-electron chi connectivity index (χ3n) is 1.90. The number of rotatable bonds is 2. The van der Waals surface area contributed by atoms with Gasteiger partial charge in [0.1, 0.15) is 0 Å². The van der Waals surface area contributed by atoms with E-state index < -0.39 is 0 Å². The number of carbonyl (C=O) groups excluding carboxylic acids is 1. The zero-order chi connectivity index (χ0) is 10.8. The second-order valence-corrected chi connectivity index (χ2v) is 4.62. The van der Waals surface area contributed by atoms with Crippen molar-refractivity contribution >= 4 is 43.5 Å². The van der Waals surface area contributed by atoms with Gasteiger partial charge in [-0.1, -0.05) is 0 Å². The SMILES string of the molecule is CCOC(=O)c1cc(Br)c2ncsc2c1. The molecule has 1 aromatic carbocycles. The predicted octanol–water partition coefficient (Wildman–Crippen LogP) is 3.24. The highest BCUT2D eigenvalue weighted by Gasteiger charge is 2.11. The minimum atomic E-state index is -0.298. The molecule has 1 heterocycles. The van der Waals surface area contributed by atoms with E-state index in [0.29, 0.717) is 12.2 Å². The van der Waals surface area contributed by atoms with Crippen molar-refractivity contribution in [1.82, 2.24) is 4.98 Å². The van der Waals surface area contributed by atoms with Crippen LogP contribution in [0.2, 0.25) is 0 Å². The fourth-order valence-electron chi connectivity index (χ4n) is 1.26. The minimum absolute atomic E-state index is 0.298. The number of hydrogen-bond donors (Lipinski definition) is 0. The first-order valence-corrected chi connectivity index (χ1v) is 6.09. The zero-order valence-electron chi connectivity index (χ0n) is 7.99. The van der Waals surface area contributed by atoms with Gasteiger partial charge in [-0.05, 0) is 35.0 Å². The molecule has 1 aromatic heterocycles. The summed E-state index contributed by atoms with van der Waals surface area (Å²) in [5, 5.41) is 0. The fourth-order valence-corrected chi connectivity index (χ4v) is 2.69. The van der Waals surface area contributed by atoms with Gasteiger partial charge in [0.2, 0.25) is 0 Å². The third-order valence-corrected chi connectivity index (χ3v) is 3.28. The molecule has 0 amide bonds. The number of halogens is 1. The molecule has 0 aliphatic carbocycles. The van der Waals surface area contributed by atoms with Gasteiger partial charge in [0.15, 0.2) is 0 Å². The van der Waals surface area contributed by atoms with Crippen LogP contribution >= 0.6 is 27.3 Å². The van der Waals surface area contributed by atoms with Crippen LogP contribution in [0.1, 0.15) is 17.3 Å². The first-order valence-electron chi connectivity index (χ1n) is 4.42.